The van der Waals surface area contributed by atoms with E-state index in [1.54, 1.807) is 19.5 Å². The molecule has 0 amide bonds. The number of hydrogen-bond donors (Lipinski definition) is 0. The van der Waals surface area contributed by atoms with Crippen molar-refractivity contribution in [2.75, 3.05) is 25.1 Å². The molecule has 0 unspecified atom stereocenters. The first kappa shape index (κ1) is 9.68. The van der Waals surface area contributed by atoms with E-state index in [-0.39, 0.29) is 6.10 Å². The average molecular weight is 214 g/mol. The predicted octanol–water partition coefficient (Wildman–Crippen LogP) is 1.36. The van der Waals surface area contributed by atoms with E-state index in [0.29, 0.717) is 5.15 Å². The van der Waals surface area contributed by atoms with Crippen LogP contribution in [0.5, 0.6) is 0 Å². The number of nitrogens with zero attached hydrogens (tertiary/aromatic N) is 3. The third kappa shape index (κ3) is 1.81. The summed E-state index contributed by atoms with van der Waals surface area (Å²) in [7, 11) is 1.73. The zero-order valence-corrected chi connectivity index (χ0v) is 8.74. The van der Waals surface area contributed by atoms with Gasteiger partial charge in [-0.1, -0.05) is 11.6 Å². The van der Waals surface area contributed by atoms with Crippen LogP contribution in [0.2, 0.25) is 5.15 Å². The lowest BCUT2D eigenvalue weighted by Gasteiger charge is -2.17. The first-order chi connectivity index (χ1) is 6.81. The number of methoxy groups -OCH3 is 1. The first-order valence-corrected chi connectivity index (χ1v) is 4.93. The number of anilines is 1. The Morgan fingerprint density at radius 1 is 1.50 bits per heavy atom. The van der Waals surface area contributed by atoms with Gasteiger partial charge in [-0.05, 0) is 6.42 Å². The fourth-order valence-electron chi connectivity index (χ4n) is 1.64. The smallest absolute Gasteiger partial charge is 0.171 e. The maximum Gasteiger partial charge on any atom is 0.171 e. The van der Waals surface area contributed by atoms with Crippen molar-refractivity contribution in [2.45, 2.75) is 12.5 Å². The highest BCUT2D eigenvalue weighted by atomic mass is 35.5. The molecule has 1 atom stereocenters. The molecule has 1 aliphatic rings. The molecule has 0 bridgehead atoms. The summed E-state index contributed by atoms with van der Waals surface area (Å²) in [5.41, 5.74) is 0. The molecule has 1 aromatic heterocycles. The molecule has 2 rings (SSSR count). The maximum atomic E-state index is 5.94. The number of hydrogen-bond acceptors (Lipinski definition) is 4. The van der Waals surface area contributed by atoms with Crippen LogP contribution in [-0.4, -0.2) is 36.3 Å². The van der Waals surface area contributed by atoms with Gasteiger partial charge in [0.1, 0.15) is 0 Å². The summed E-state index contributed by atoms with van der Waals surface area (Å²) < 4.78 is 5.27. The summed E-state index contributed by atoms with van der Waals surface area (Å²) in [5.74, 6) is 0.758. The molecule has 76 valence electrons. The number of ether oxygens (including phenoxy) is 1. The normalized spacial score (nSPS) is 21.6. The van der Waals surface area contributed by atoms with Crippen molar-refractivity contribution in [1.82, 2.24) is 9.97 Å². The standard InChI is InChI=1S/C9H12ClN3O/c1-14-7-2-5-13(6-7)9-8(10)11-3-4-12-9/h3-4,7H,2,5-6H2,1H3/t7-/m1/s1. The van der Waals surface area contributed by atoms with Crippen LogP contribution in [-0.2, 0) is 4.74 Å². The molecule has 0 aliphatic carbocycles. The molecular weight excluding hydrogens is 202 g/mol. The highest BCUT2D eigenvalue weighted by molar-refractivity contribution is 6.31. The van der Waals surface area contributed by atoms with Crippen LogP contribution >= 0.6 is 11.6 Å². The Bertz CT molecular complexity index is 321. The molecule has 0 saturated carbocycles. The number of halogens is 1. The average Bonchev–Trinajstić information content (AvgIpc) is 2.67. The number of rotatable bonds is 2. The molecule has 0 aromatic carbocycles. The molecule has 2 heterocycles. The van der Waals surface area contributed by atoms with Gasteiger partial charge in [-0.25, -0.2) is 9.97 Å². The van der Waals surface area contributed by atoms with E-state index in [0.717, 1.165) is 25.3 Å². The first-order valence-electron chi connectivity index (χ1n) is 4.55. The lowest BCUT2D eigenvalue weighted by atomic mass is 10.3. The summed E-state index contributed by atoms with van der Waals surface area (Å²) >= 11 is 5.94. The van der Waals surface area contributed by atoms with Crippen molar-refractivity contribution in [3.05, 3.63) is 17.5 Å². The zero-order valence-electron chi connectivity index (χ0n) is 7.98. The lowest BCUT2D eigenvalue weighted by molar-refractivity contribution is 0.121. The minimum atomic E-state index is 0.285. The maximum absolute atomic E-state index is 5.94. The van der Waals surface area contributed by atoms with E-state index in [9.17, 15) is 0 Å². The minimum Gasteiger partial charge on any atom is -0.380 e. The second-order valence-electron chi connectivity index (χ2n) is 3.26. The van der Waals surface area contributed by atoms with E-state index >= 15 is 0 Å². The van der Waals surface area contributed by atoms with Crippen molar-refractivity contribution in [3.63, 3.8) is 0 Å². The van der Waals surface area contributed by atoms with Gasteiger partial charge in [0.25, 0.3) is 0 Å². The van der Waals surface area contributed by atoms with Gasteiger partial charge in [0.05, 0.1) is 6.10 Å². The third-order valence-electron chi connectivity index (χ3n) is 2.41. The topological polar surface area (TPSA) is 38.2 Å². The molecule has 14 heavy (non-hydrogen) atoms. The quantitative estimate of drug-likeness (QED) is 0.744. The highest BCUT2D eigenvalue weighted by Crippen LogP contribution is 2.24. The van der Waals surface area contributed by atoms with Crippen LogP contribution in [0.4, 0.5) is 5.82 Å². The Morgan fingerprint density at radius 2 is 2.29 bits per heavy atom. The van der Waals surface area contributed by atoms with Crippen LogP contribution in [0, 0.1) is 0 Å². The van der Waals surface area contributed by atoms with Crippen LogP contribution < -0.4 is 4.90 Å². The third-order valence-corrected chi connectivity index (χ3v) is 2.68. The molecular formula is C9H12ClN3O. The summed E-state index contributed by atoms with van der Waals surface area (Å²) in [6.07, 6.45) is 4.55. The SMILES string of the molecule is CO[C@@H]1CCN(c2nccnc2Cl)C1. The van der Waals surface area contributed by atoms with Crippen molar-refractivity contribution < 1.29 is 4.74 Å². The Hall–Kier alpha value is -0.870. The van der Waals surface area contributed by atoms with Gasteiger partial charge in [0.2, 0.25) is 0 Å². The molecule has 0 N–H and O–H groups in total. The molecule has 1 aromatic rings. The van der Waals surface area contributed by atoms with Crippen molar-refractivity contribution >= 4 is 17.4 Å². The van der Waals surface area contributed by atoms with Gasteiger partial charge < -0.3 is 9.64 Å². The molecule has 5 heteroatoms. The Morgan fingerprint density at radius 3 is 2.93 bits per heavy atom. The fourth-order valence-corrected chi connectivity index (χ4v) is 1.86. The summed E-state index contributed by atoms with van der Waals surface area (Å²) in [5, 5.41) is 0.462. The van der Waals surface area contributed by atoms with Crippen LogP contribution in [0.15, 0.2) is 12.4 Å². The number of aromatic nitrogens is 2. The molecule has 0 spiro atoms. The van der Waals surface area contributed by atoms with Crippen molar-refractivity contribution in [2.24, 2.45) is 0 Å². The van der Waals surface area contributed by atoms with Crippen LogP contribution in [0.3, 0.4) is 0 Å². The molecule has 4 nitrogen and oxygen atoms in total. The summed E-state index contributed by atoms with van der Waals surface area (Å²) in [4.78, 5) is 10.3. The van der Waals surface area contributed by atoms with Gasteiger partial charge >= 0.3 is 0 Å². The molecule has 0 radical (unpaired) electrons. The minimum absolute atomic E-state index is 0.285. The fraction of sp³-hybridized carbons (Fsp3) is 0.556. The molecule has 1 saturated heterocycles. The van der Waals surface area contributed by atoms with Gasteiger partial charge in [0.15, 0.2) is 11.0 Å². The van der Waals surface area contributed by atoms with Gasteiger partial charge in [0, 0.05) is 32.6 Å². The van der Waals surface area contributed by atoms with E-state index < -0.39 is 0 Å². The van der Waals surface area contributed by atoms with Crippen molar-refractivity contribution in [3.8, 4) is 0 Å². The highest BCUT2D eigenvalue weighted by Gasteiger charge is 2.24. The zero-order chi connectivity index (χ0) is 9.97. The van der Waals surface area contributed by atoms with Crippen LogP contribution in [0.1, 0.15) is 6.42 Å². The largest absolute Gasteiger partial charge is 0.380 e. The summed E-state index contributed by atoms with van der Waals surface area (Å²) in [6, 6.07) is 0. The van der Waals surface area contributed by atoms with Gasteiger partial charge in [-0.15, -0.1) is 0 Å². The molecule has 1 aliphatic heterocycles. The van der Waals surface area contributed by atoms with E-state index in [1.807, 2.05) is 0 Å². The van der Waals surface area contributed by atoms with E-state index in [1.165, 1.54) is 0 Å². The summed E-state index contributed by atoms with van der Waals surface area (Å²) in [6.45, 7) is 1.77. The van der Waals surface area contributed by atoms with Crippen LogP contribution in [0.25, 0.3) is 0 Å². The Balaban J connectivity index is 2.13. The second kappa shape index (κ2) is 4.11. The lowest BCUT2D eigenvalue weighted by Crippen LogP contribution is -2.23. The van der Waals surface area contributed by atoms with Gasteiger partial charge in [-0.3, -0.25) is 0 Å². The predicted molar refractivity (Wildman–Crippen MR) is 54.7 cm³/mol. The Labute approximate surface area is 87.9 Å². The molecule has 1 fully saturated rings. The second-order valence-corrected chi connectivity index (χ2v) is 3.62. The van der Waals surface area contributed by atoms with E-state index in [2.05, 4.69) is 14.9 Å². The van der Waals surface area contributed by atoms with Crippen molar-refractivity contribution in [1.29, 1.82) is 0 Å². The Kier molecular flexibility index (Phi) is 2.84. The monoisotopic (exact) mass is 213 g/mol. The van der Waals surface area contributed by atoms with Gasteiger partial charge in [-0.2, -0.15) is 0 Å². The van der Waals surface area contributed by atoms with E-state index in [4.69, 9.17) is 16.3 Å².